The van der Waals surface area contributed by atoms with Crippen LogP contribution in [0.15, 0.2) is 70.8 Å². The van der Waals surface area contributed by atoms with E-state index in [1.807, 2.05) is 30.3 Å². The first-order valence-corrected chi connectivity index (χ1v) is 9.96. The highest BCUT2D eigenvalue weighted by atomic mass is 32.2. The van der Waals surface area contributed by atoms with E-state index < -0.39 is 16.1 Å². The molecule has 1 aliphatic heterocycles. The van der Waals surface area contributed by atoms with Crippen LogP contribution in [0.5, 0.6) is 5.75 Å². The van der Waals surface area contributed by atoms with Crippen molar-refractivity contribution in [1.29, 1.82) is 0 Å². The first kappa shape index (κ1) is 19.6. The van der Waals surface area contributed by atoms with Gasteiger partial charge in [-0.2, -0.15) is 8.42 Å². The summed E-state index contributed by atoms with van der Waals surface area (Å²) in [5.74, 6) is 0.0546. The van der Waals surface area contributed by atoms with Crippen molar-refractivity contribution in [2.75, 3.05) is 21.2 Å². The topological polar surface area (TPSA) is 79.3 Å². The largest absolute Gasteiger partial charge is 0.496 e. The van der Waals surface area contributed by atoms with Gasteiger partial charge in [0.15, 0.2) is 0 Å². The molecule has 0 aromatic heterocycles. The van der Waals surface area contributed by atoms with Crippen LogP contribution in [0.1, 0.15) is 11.1 Å². The third-order valence-electron chi connectivity index (χ3n) is 4.38. The van der Waals surface area contributed by atoms with E-state index in [2.05, 4.69) is 4.40 Å². The Morgan fingerprint density at radius 1 is 1.11 bits per heavy atom. The van der Waals surface area contributed by atoms with Crippen LogP contribution >= 0.6 is 0 Å². The number of para-hydroxylation sites is 1. The van der Waals surface area contributed by atoms with Gasteiger partial charge in [0, 0.05) is 26.2 Å². The fourth-order valence-corrected chi connectivity index (χ4v) is 3.76. The van der Waals surface area contributed by atoms with Crippen molar-refractivity contribution in [2.45, 2.75) is 6.54 Å². The van der Waals surface area contributed by atoms with E-state index in [-0.39, 0.29) is 11.4 Å². The molecular weight excluding hydrogens is 378 g/mol. The maximum Gasteiger partial charge on any atom is 0.345 e. The molecule has 0 spiro atoms. The van der Waals surface area contributed by atoms with Gasteiger partial charge in [-0.15, -0.1) is 4.40 Å². The Labute approximate surface area is 164 Å². The summed E-state index contributed by atoms with van der Waals surface area (Å²) in [7, 11) is 0.405. The monoisotopic (exact) mass is 399 g/mol. The lowest BCUT2D eigenvalue weighted by atomic mass is 10.1. The maximum atomic E-state index is 13.0. The van der Waals surface area contributed by atoms with Gasteiger partial charge in [-0.05, 0) is 23.8 Å². The Kier molecular flexibility index (Phi) is 5.51. The first-order valence-electron chi connectivity index (χ1n) is 8.57. The summed E-state index contributed by atoms with van der Waals surface area (Å²) in [6.07, 6.45) is 1.47. The zero-order valence-corrected chi connectivity index (χ0v) is 16.7. The maximum absolute atomic E-state index is 13.0. The van der Waals surface area contributed by atoms with E-state index >= 15 is 0 Å². The van der Waals surface area contributed by atoms with Crippen molar-refractivity contribution >= 4 is 21.8 Å². The van der Waals surface area contributed by atoms with Gasteiger partial charge in [0.05, 0.1) is 12.8 Å². The first-order chi connectivity index (χ1) is 13.3. The second kappa shape index (κ2) is 7.85. The lowest BCUT2D eigenvalue weighted by Crippen LogP contribution is -2.39. The molecule has 1 amide bonds. The summed E-state index contributed by atoms with van der Waals surface area (Å²) < 4.78 is 35.1. The smallest absolute Gasteiger partial charge is 0.345 e. The molecule has 0 unspecified atom stereocenters. The van der Waals surface area contributed by atoms with Gasteiger partial charge in [-0.25, -0.2) is 4.31 Å². The molecule has 0 fully saturated rings. The molecule has 2 aromatic rings. The van der Waals surface area contributed by atoms with Gasteiger partial charge in [0.2, 0.25) is 0 Å². The lowest BCUT2D eigenvalue weighted by Gasteiger charge is -2.27. The van der Waals surface area contributed by atoms with Gasteiger partial charge in [-0.1, -0.05) is 42.5 Å². The minimum atomic E-state index is -4.03. The van der Waals surface area contributed by atoms with Crippen LogP contribution in [0.3, 0.4) is 0 Å². The van der Waals surface area contributed by atoms with Crippen molar-refractivity contribution < 1.29 is 17.9 Å². The van der Waals surface area contributed by atoms with E-state index in [1.54, 1.807) is 31.3 Å². The van der Waals surface area contributed by atoms with Crippen LogP contribution in [0.4, 0.5) is 0 Å². The molecule has 2 aromatic carbocycles. The molecule has 8 heteroatoms. The third-order valence-corrected chi connectivity index (χ3v) is 5.70. The summed E-state index contributed by atoms with van der Waals surface area (Å²) >= 11 is 0. The van der Waals surface area contributed by atoms with Crippen molar-refractivity contribution in [3.05, 3.63) is 77.5 Å². The highest BCUT2D eigenvalue weighted by Gasteiger charge is 2.32. The average molecular weight is 399 g/mol. The molecule has 0 bridgehead atoms. The molecule has 0 aliphatic carbocycles. The van der Waals surface area contributed by atoms with Gasteiger partial charge >= 0.3 is 10.2 Å². The number of rotatable bonds is 5. The van der Waals surface area contributed by atoms with Gasteiger partial charge < -0.3 is 9.64 Å². The number of carbonyl (C=O) groups excluding carboxylic acids is 1. The van der Waals surface area contributed by atoms with Crippen LogP contribution < -0.4 is 4.74 Å². The quantitative estimate of drug-likeness (QED) is 0.772. The summed E-state index contributed by atoms with van der Waals surface area (Å²) in [4.78, 5) is 14.5. The standard InChI is InChI=1S/C20H21N3O4S/c1-22(14-15-9-5-4-6-10-15)20(24)18-13-17(21-28(25,26)23(18)2)16-11-7-8-12-19(16)27-3/h4-13H,14H2,1-3H3. The molecule has 0 atom stereocenters. The second-order valence-electron chi connectivity index (χ2n) is 6.30. The van der Waals surface area contributed by atoms with Gasteiger partial charge in [-0.3, -0.25) is 4.79 Å². The number of hydrogen-bond donors (Lipinski definition) is 0. The number of ether oxygens (including phenoxy) is 1. The predicted octanol–water partition coefficient (Wildman–Crippen LogP) is 2.22. The fraction of sp³-hybridized carbons (Fsp3) is 0.200. The fourth-order valence-electron chi connectivity index (χ4n) is 2.86. The molecule has 3 rings (SSSR count). The normalized spacial score (nSPS) is 15.5. The second-order valence-corrected chi connectivity index (χ2v) is 7.92. The van der Waals surface area contributed by atoms with Crippen LogP contribution in [0.25, 0.3) is 0 Å². The Bertz CT molecular complexity index is 1050. The number of benzene rings is 2. The molecule has 0 N–H and O–H groups in total. The molecule has 1 aliphatic rings. The van der Waals surface area contributed by atoms with E-state index in [0.29, 0.717) is 17.9 Å². The summed E-state index contributed by atoms with van der Waals surface area (Å²) in [6, 6.07) is 16.4. The third kappa shape index (κ3) is 3.91. The summed E-state index contributed by atoms with van der Waals surface area (Å²) in [5, 5.41) is 0. The van der Waals surface area contributed by atoms with Crippen molar-refractivity contribution in [3.63, 3.8) is 0 Å². The highest BCUT2D eigenvalue weighted by molar-refractivity contribution is 7.88. The predicted molar refractivity (Wildman–Crippen MR) is 107 cm³/mol. The molecule has 0 radical (unpaired) electrons. The SMILES string of the molecule is COc1ccccc1C1=NS(=O)(=O)N(C)C(C(=O)N(C)Cc2ccccc2)=C1. The Morgan fingerprint density at radius 3 is 2.43 bits per heavy atom. The minimum absolute atomic E-state index is 0.0225. The minimum Gasteiger partial charge on any atom is -0.496 e. The molecule has 146 valence electrons. The van der Waals surface area contributed by atoms with Crippen molar-refractivity contribution in [1.82, 2.24) is 9.21 Å². The molecule has 0 saturated heterocycles. The zero-order chi connectivity index (χ0) is 20.3. The van der Waals surface area contributed by atoms with E-state index in [9.17, 15) is 13.2 Å². The average Bonchev–Trinajstić information content (AvgIpc) is 2.70. The zero-order valence-electron chi connectivity index (χ0n) is 15.9. The van der Waals surface area contributed by atoms with Crippen LogP contribution in [-0.4, -0.2) is 50.4 Å². The van der Waals surface area contributed by atoms with Gasteiger partial charge in [0.1, 0.15) is 11.4 Å². The number of amides is 1. The number of likely N-dealkylation sites (N-methyl/N-ethyl adjacent to an activating group) is 2. The summed E-state index contributed by atoms with van der Waals surface area (Å²) in [6.45, 7) is 0.353. The molecule has 1 heterocycles. The molecular formula is C20H21N3O4S. The van der Waals surface area contributed by atoms with Crippen LogP contribution in [0, 0.1) is 0 Å². The number of nitrogens with zero attached hydrogens (tertiary/aromatic N) is 3. The lowest BCUT2D eigenvalue weighted by molar-refractivity contribution is -0.127. The number of allylic oxidation sites excluding steroid dienone is 1. The summed E-state index contributed by atoms with van der Waals surface area (Å²) in [5.41, 5.74) is 1.62. The van der Waals surface area contributed by atoms with Crippen molar-refractivity contribution in [3.8, 4) is 5.75 Å². The Hall–Kier alpha value is -3.13. The van der Waals surface area contributed by atoms with Crippen LogP contribution in [-0.2, 0) is 21.5 Å². The Balaban J connectivity index is 1.98. The van der Waals surface area contributed by atoms with Gasteiger partial charge in [0.25, 0.3) is 5.91 Å². The molecule has 7 nitrogen and oxygen atoms in total. The van der Waals surface area contributed by atoms with E-state index in [4.69, 9.17) is 4.74 Å². The van der Waals surface area contributed by atoms with Crippen molar-refractivity contribution in [2.24, 2.45) is 4.40 Å². The molecule has 0 saturated carbocycles. The van der Waals surface area contributed by atoms with E-state index in [1.165, 1.54) is 25.1 Å². The number of carbonyl (C=O) groups is 1. The van der Waals surface area contributed by atoms with Crippen LogP contribution in [0.2, 0.25) is 0 Å². The number of hydrogen-bond acceptors (Lipinski definition) is 4. The van der Waals surface area contributed by atoms with E-state index in [0.717, 1.165) is 9.87 Å². The highest BCUT2D eigenvalue weighted by Crippen LogP contribution is 2.25. The Morgan fingerprint density at radius 2 is 1.75 bits per heavy atom. The number of methoxy groups -OCH3 is 1. The molecule has 28 heavy (non-hydrogen) atoms.